The van der Waals surface area contributed by atoms with Crippen LogP contribution in [0.3, 0.4) is 0 Å². The summed E-state index contributed by atoms with van der Waals surface area (Å²) in [4.78, 5) is 12.4. The van der Waals surface area contributed by atoms with Crippen molar-refractivity contribution < 1.29 is 4.79 Å². The van der Waals surface area contributed by atoms with Gasteiger partial charge in [0, 0.05) is 8.95 Å². The predicted molar refractivity (Wildman–Crippen MR) is 85.0 cm³/mol. The molecule has 19 heavy (non-hydrogen) atoms. The molecule has 1 amide bonds. The second-order valence-electron chi connectivity index (χ2n) is 5.44. The van der Waals surface area contributed by atoms with E-state index in [1.165, 1.54) is 0 Å². The third-order valence-corrected chi connectivity index (χ3v) is 4.85. The molecule has 5 heteroatoms. The van der Waals surface area contributed by atoms with Gasteiger partial charge >= 0.3 is 0 Å². The van der Waals surface area contributed by atoms with E-state index in [1.807, 2.05) is 18.2 Å². The average molecular weight is 390 g/mol. The maximum absolute atomic E-state index is 12.4. The Morgan fingerprint density at radius 2 is 2.21 bits per heavy atom. The zero-order valence-corrected chi connectivity index (χ0v) is 14.1. The molecule has 2 unspecified atom stereocenters. The Balaban J connectivity index is 2.14. The molecule has 104 valence electrons. The fraction of sp³-hybridized carbons (Fsp3) is 0.500. The Bertz CT molecular complexity index is 492. The molecule has 2 rings (SSSR count). The topological polar surface area (TPSA) is 55.1 Å². The first-order valence-electron chi connectivity index (χ1n) is 6.46. The van der Waals surface area contributed by atoms with Gasteiger partial charge in [0.1, 0.15) is 0 Å². The molecule has 1 aliphatic rings. The molecule has 1 fully saturated rings. The summed E-state index contributed by atoms with van der Waals surface area (Å²) in [6, 6.07) is 5.69. The summed E-state index contributed by atoms with van der Waals surface area (Å²) in [5, 5.41) is 2.94. The number of anilines is 1. The van der Waals surface area contributed by atoms with Gasteiger partial charge in [-0.1, -0.05) is 35.7 Å². The van der Waals surface area contributed by atoms with Crippen LogP contribution in [0.25, 0.3) is 0 Å². The van der Waals surface area contributed by atoms with Crippen LogP contribution in [0.5, 0.6) is 0 Å². The number of amides is 1. The first kappa shape index (κ1) is 15.0. The van der Waals surface area contributed by atoms with E-state index >= 15 is 0 Å². The number of hydrogen-bond donors (Lipinski definition) is 2. The summed E-state index contributed by atoms with van der Waals surface area (Å²) >= 11 is 6.84. The van der Waals surface area contributed by atoms with Crippen molar-refractivity contribution >= 4 is 43.5 Å². The highest BCUT2D eigenvalue weighted by molar-refractivity contribution is 9.11. The van der Waals surface area contributed by atoms with Crippen LogP contribution >= 0.6 is 31.9 Å². The largest absolute Gasteiger partial charge is 0.323 e. The molecule has 2 atom stereocenters. The summed E-state index contributed by atoms with van der Waals surface area (Å²) in [6.45, 7) is 2.16. The molecule has 0 heterocycles. The smallest absolute Gasteiger partial charge is 0.244 e. The normalized spacial score (nSPS) is 27.1. The minimum absolute atomic E-state index is 0.0853. The monoisotopic (exact) mass is 388 g/mol. The van der Waals surface area contributed by atoms with E-state index in [0.29, 0.717) is 5.92 Å². The number of benzene rings is 1. The Morgan fingerprint density at radius 3 is 2.89 bits per heavy atom. The van der Waals surface area contributed by atoms with Crippen molar-refractivity contribution in [3.63, 3.8) is 0 Å². The van der Waals surface area contributed by atoms with Crippen molar-refractivity contribution in [2.45, 2.75) is 38.1 Å². The van der Waals surface area contributed by atoms with Gasteiger partial charge < -0.3 is 11.1 Å². The second kappa shape index (κ2) is 5.94. The van der Waals surface area contributed by atoms with E-state index in [4.69, 9.17) is 5.73 Å². The van der Waals surface area contributed by atoms with Gasteiger partial charge in [-0.15, -0.1) is 0 Å². The van der Waals surface area contributed by atoms with Gasteiger partial charge in [-0.2, -0.15) is 0 Å². The van der Waals surface area contributed by atoms with E-state index in [0.717, 1.165) is 40.3 Å². The second-order valence-corrected chi connectivity index (χ2v) is 7.21. The van der Waals surface area contributed by atoms with Crippen molar-refractivity contribution in [1.82, 2.24) is 0 Å². The van der Waals surface area contributed by atoms with Gasteiger partial charge in [-0.3, -0.25) is 4.79 Å². The minimum Gasteiger partial charge on any atom is -0.323 e. The highest BCUT2D eigenvalue weighted by atomic mass is 79.9. The van der Waals surface area contributed by atoms with Crippen molar-refractivity contribution in [2.75, 3.05) is 5.32 Å². The van der Waals surface area contributed by atoms with Crippen molar-refractivity contribution in [3.05, 3.63) is 27.1 Å². The van der Waals surface area contributed by atoms with E-state index in [1.54, 1.807) is 0 Å². The number of carbonyl (C=O) groups is 1. The van der Waals surface area contributed by atoms with Crippen LogP contribution in [-0.2, 0) is 4.79 Å². The third-order valence-electron chi connectivity index (χ3n) is 3.66. The van der Waals surface area contributed by atoms with Crippen LogP contribution in [0, 0.1) is 5.92 Å². The summed E-state index contributed by atoms with van der Waals surface area (Å²) in [7, 11) is 0. The molecule has 0 spiro atoms. The lowest BCUT2D eigenvalue weighted by molar-refractivity contribution is -0.122. The number of nitrogens with one attached hydrogen (secondary N) is 1. The summed E-state index contributed by atoms with van der Waals surface area (Å²) < 4.78 is 1.78. The Morgan fingerprint density at radius 1 is 1.47 bits per heavy atom. The zero-order chi connectivity index (χ0) is 14.0. The zero-order valence-electron chi connectivity index (χ0n) is 10.9. The van der Waals surface area contributed by atoms with Crippen molar-refractivity contribution in [3.8, 4) is 0 Å². The highest BCUT2D eigenvalue weighted by Crippen LogP contribution is 2.33. The predicted octanol–water partition coefficient (Wildman–Crippen LogP) is 4.06. The maximum Gasteiger partial charge on any atom is 0.244 e. The van der Waals surface area contributed by atoms with Gasteiger partial charge in [0.05, 0.1) is 11.2 Å². The van der Waals surface area contributed by atoms with Gasteiger partial charge in [-0.05, 0) is 52.9 Å². The SMILES string of the molecule is CC1CCCC(N)(C(=O)Nc2cc(Br)ccc2Br)C1. The fourth-order valence-corrected chi connectivity index (χ4v) is 3.35. The average Bonchev–Trinajstić information content (AvgIpc) is 2.33. The molecule has 1 aromatic carbocycles. The molecule has 1 aromatic rings. The van der Waals surface area contributed by atoms with Crippen molar-refractivity contribution in [1.29, 1.82) is 0 Å². The van der Waals surface area contributed by atoms with E-state index in [2.05, 4.69) is 44.1 Å². The van der Waals surface area contributed by atoms with Crippen LogP contribution in [0.15, 0.2) is 27.1 Å². The molecule has 0 bridgehead atoms. The van der Waals surface area contributed by atoms with Crippen LogP contribution in [0.2, 0.25) is 0 Å². The summed E-state index contributed by atoms with van der Waals surface area (Å²) in [5.74, 6) is 0.424. The molecule has 3 nitrogen and oxygen atoms in total. The minimum atomic E-state index is -0.737. The van der Waals surface area contributed by atoms with Crippen molar-refractivity contribution in [2.24, 2.45) is 11.7 Å². The molecule has 1 aliphatic carbocycles. The number of nitrogens with two attached hydrogens (primary N) is 1. The lowest BCUT2D eigenvalue weighted by Crippen LogP contribution is -2.53. The third kappa shape index (κ3) is 3.58. The molecule has 0 aromatic heterocycles. The van der Waals surface area contributed by atoms with E-state index in [9.17, 15) is 4.79 Å². The van der Waals surface area contributed by atoms with Crippen LogP contribution < -0.4 is 11.1 Å². The molecular formula is C14H18Br2N2O. The van der Waals surface area contributed by atoms with Crippen LogP contribution in [-0.4, -0.2) is 11.4 Å². The molecule has 3 N–H and O–H groups in total. The van der Waals surface area contributed by atoms with Crippen LogP contribution in [0.4, 0.5) is 5.69 Å². The number of rotatable bonds is 2. The highest BCUT2D eigenvalue weighted by Gasteiger charge is 2.38. The molecule has 1 saturated carbocycles. The number of halogens is 2. The maximum atomic E-state index is 12.4. The van der Waals surface area contributed by atoms with Gasteiger partial charge in [0.15, 0.2) is 0 Å². The van der Waals surface area contributed by atoms with E-state index < -0.39 is 5.54 Å². The Hall–Kier alpha value is -0.390. The lowest BCUT2D eigenvalue weighted by Gasteiger charge is -2.35. The standard InChI is InChI=1S/C14H18Br2N2O/c1-9-3-2-6-14(17,8-9)13(19)18-12-7-10(15)4-5-11(12)16/h4-5,7,9H,2-3,6,8,17H2,1H3,(H,18,19). The molecule has 0 saturated heterocycles. The fourth-order valence-electron chi connectivity index (χ4n) is 2.64. The molecular weight excluding hydrogens is 372 g/mol. The molecule has 0 radical (unpaired) electrons. The number of carbonyl (C=O) groups excluding carboxylic acids is 1. The quantitative estimate of drug-likeness (QED) is 0.801. The summed E-state index contributed by atoms with van der Waals surface area (Å²) in [6.07, 6.45) is 3.69. The first-order valence-corrected chi connectivity index (χ1v) is 8.05. The van der Waals surface area contributed by atoms with Gasteiger partial charge in [0.25, 0.3) is 0 Å². The van der Waals surface area contributed by atoms with Gasteiger partial charge in [-0.25, -0.2) is 0 Å². The Labute approximate surface area is 130 Å². The lowest BCUT2D eigenvalue weighted by atomic mass is 9.76. The Kier molecular flexibility index (Phi) is 4.69. The van der Waals surface area contributed by atoms with Gasteiger partial charge in [0.2, 0.25) is 5.91 Å². The molecule has 0 aliphatic heterocycles. The first-order chi connectivity index (χ1) is 8.90. The number of hydrogen-bond acceptors (Lipinski definition) is 2. The van der Waals surface area contributed by atoms with Crippen LogP contribution in [0.1, 0.15) is 32.6 Å². The summed E-state index contributed by atoms with van der Waals surface area (Å²) in [5.41, 5.74) is 6.31. The van der Waals surface area contributed by atoms with E-state index in [-0.39, 0.29) is 5.91 Å².